The third kappa shape index (κ3) is 2.34. The number of nitriles is 1. The number of likely N-dealkylation sites (tertiary alicyclic amines) is 1. The van der Waals surface area contributed by atoms with Crippen molar-refractivity contribution in [1.29, 1.82) is 5.26 Å². The van der Waals surface area contributed by atoms with Crippen LogP contribution in [-0.4, -0.2) is 49.6 Å². The van der Waals surface area contributed by atoms with E-state index in [0.717, 1.165) is 31.9 Å². The molecular weight excluding hydrogens is 330 g/mol. The number of hydrogen-bond donors (Lipinski definition) is 0. The molecule has 1 aromatic rings. The maximum atomic E-state index is 12.8. The fourth-order valence-corrected chi connectivity index (χ4v) is 5.09. The minimum absolute atomic E-state index is 0.0890. The molecule has 6 nitrogen and oxygen atoms in total. The highest BCUT2D eigenvalue weighted by molar-refractivity contribution is 5.96. The molecule has 1 spiro atoms. The van der Waals surface area contributed by atoms with Crippen LogP contribution in [0.1, 0.15) is 18.4 Å². The van der Waals surface area contributed by atoms with E-state index in [-0.39, 0.29) is 23.1 Å². The van der Waals surface area contributed by atoms with E-state index in [1.54, 1.807) is 17.0 Å². The van der Waals surface area contributed by atoms with Gasteiger partial charge in [-0.05, 0) is 36.5 Å². The van der Waals surface area contributed by atoms with Gasteiger partial charge in [0.05, 0.1) is 24.8 Å². The number of benzene rings is 1. The van der Waals surface area contributed by atoms with E-state index in [1.165, 1.54) is 0 Å². The monoisotopic (exact) mass is 351 g/mol. The van der Waals surface area contributed by atoms with E-state index in [0.29, 0.717) is 36.9 Å². The minimum Gasteiger partial charge on any atom is -0.381 e. The molecule has 26 heavy (non-hydrogen) atoms. The lowest BCUT2D eigenvalue weighted by Crippen LogP contribution is -2.36. The summed E-state index contributed by atoms with van der Waals surface area (Å²) >= 11 is 0. The zero-order chi connectivity index (χ0) is 17.9. The molecule has 0 bridgehead atoms. The van der Waals surface area contributed by atoms with Gasteiger partial charge in [0.1, 0.15) is 0 Å². The van der Waals surface area contributed by atoms with Crippen molar-refractivity contribution in [2.24, 2.45) is 23.2 Å². The van der Waals surface area contributed by atoms with Crippen LogP contribution in [0.2, 0.25) is 0 Å². The summed E-state index contributed by atoms with van der Waals surface area (Å²) in [6, 6.07) is 9.32. The molecule has 5 rings (SSSR count). The van der Waals surface area contributed by atoms with Crippen LogP contribution in [0.3, 0.4) is 0 Å². The van der Waals surface area contributed by atoms with Crippen molar-refractivity contribution in [2.45, 2.75) is 12.8 Å². The topological polar surface area (TPSA) is 73.6 Å². The Morgan fingerprint density at radius 2 is 2.08 bits per heavy atom. The molecule has 2 unspecified atom stereocenters. The first-order chi connectivity index (χ1) is 12.6. The molecule has 3 heterocycles. The standard InChI is InChI=1S/C20H21N3O3/c21-8-13-2-1-3-14(6-13)23-12-20(7-17(23)24)4-5-22(11-20)19(25)18-15-9-26-10-16(15)18/h1-3,6,15-16,18H,4-5,7,9-12H2/t15-,16+,18?,20?. The molecule has 0 radical (unpaired) electrons. The lowest BCUT2D eigenvalue weighted by Gasteiger charge is -2.24. The van der Waals surface area contributed by atoms with Gasteiger partial charge in [0.15, 0.2) is 0 Å². The molecule has 3 aliphatic heterocycles. The Balaban J connectivity index is 1.30. The Morgan fingerprint density at radius 1 is 1.27 bits per heavy atom. The molecule has 1 aliphatic carbocycles. The molecule has 4 aliphatic rings. The van der Waals surface area contributed by atoms with Gasteiger partial charge in [0, 0.05) is 43.1 Å². The maximum Gasteiger partial charge on any atom is 0.227 e. The molecule has 134 valence electrons. The van der Waals surface area contributed by atoms with Crippen molar-refractivity contribution < 1.29 is 14.3 Å². The summed E-state index contributed by atoms with van der Waals surface area (Å²) in [5, 5.41) is 9.09. The van der Waals surface area contributed by atoms with E-state index in [4.69, 9.17) is 10.00 Å². The molecule has 1 saturated carbocycles. The van der Waals surface area contributed by atoms with Crippen molar-refractivity contribution in [3.05, 3.63) is 29.8 Å². The van der Waals surface area contributed by atoms with Crippen molar-refractivity contribution in [2.75, 3.05) is 37.7 Å². The first-order valence-corrected chi connectivity index (χ1v) is 9.27. The average Bonchev–Trinajstić information content (AvgIpc) is 3.05. The second-order valence-corrected chi connectivity index (χ2v) is 8.22. The van der Waals surface area contributed by atoms with Crippen LogP contribution in [0.5, 0.6) is 0 Å². The number of nitrogens with zero attached hydrogens (tertiary/aromatic N) is 3. The third-order valence-corrected chi connectivity index (χ3v) is 6.60. The summed E-state index contributed by atoms with van der Waals surface area (Å²) in [5.41, 5.74) is 1.20. The van der Waals surface area contributed by atoms with Crippen LogP contribution in [0.15, 0.2) is 24.3 Å². The zero-order valence-electron chi connectivity index (χ0n) is 14.6. The lowest BCUT2D eigenvalue weighted by atomic mass is 9.86. The highest BCUT2D eigenvalue weighted by atomic mass is 16.5. The second-order valence-electron chi connectivity index (χ2n) is 8.22. The highest BCUT2D eigenvalue weighted by Crippen LogP contribution is 2.52. The summed E-state index contributed by atoms with van der Waals surface area (Å²) in [6.45, 7) is 3.49. The normalized spacial score (nSPS) is 35.0. The van der Waals surface area contributed by atoms with Gasteiger partial charge in [0.25, 0.3) is 0 Å². The second kappa shape index (κ2) is 5.55. The van der Waals surface area contributed by atoms with Gasteiger partial charge in [-0.15, -0.1) is 0 Å². The minimum atomic E-state index is -0.143. The number of anilines is 1. The van der Waals surface area contributed by atoms with Crippen LogP contribution in [0, 0.1) is 34.5 Å². The zero-order valence-corrected chi connectivity index (χ0v) is 14.6. The molecule has 3 saturated heterocycles. The van der Waals surface area contributed by atoms with Gasteiger partial charge < -0.3 is 14.5 Å². The quantitative estimate of drug-likeness (QED) is 0.807. The van der Waals surface area contributed by atoms with E-state index in [9.17, 15) is 9.59 Å². The van der Waals surface area contributed by atoms with Crippen LogP contribution in [-0.2, 0) is 14.3 Å². The predicted octanol–water partition coefficient (Wildman–Crippen LogP) is 1.41. The number of fused-ring (bicyclic) bond motifs is 1. The largest absolute Gasteiger partial charge is 0.381 e. The molecule has 0 N–H and O–H groups in total. The van der Waals surface area contributed by atoms with Crippen LogP contribution < -0.4 is 4.90 Å². The molecule has 6 heteroatoms. The predicted molar refractivity (Wildman–Crippen MR) is 93.0 cm³/mol. The van der Waals surface area contributed by atoms with Gasteiger partial charge in [0.2, 0.25) is 11.8 Å². The molecule has 4 fully saturated rings. The number of rotatable bonds is 2. The first-order valence-electron chi connectivity index (χ1n) is 9.27. The SMILES string of the molecule is N#Cc1cccc(N2CC3(CCN(C(=O)C4[C@H]5COC[C@@H]45)C3)CC2=O)c1. The van der Waals surface area contributed by atoms with Gasteiger partial charge in [-0.1, -0.05) is 6.07 Å². The molecule has 0 aromatic heterocycles. The number of carbonyl (C=O) groups excluding carboxylic acids is 2. The van der Waals surface area contributed by atoms with Gasteiger partial charge in [-0.25, -0.2) is 0 Å². The fourth-order valence-electron chi connectivity index (χ4n) is 5.09. The number of carbonyl (C=O) groups is 2. The Kier molecular flexibility index (Phi) is 3.38. The van der Waals surface area contributed by atoms with Gasteiger partial charge in [-0.2, -0.15) is 5.26 Å². The Bertz CT molecular complexity index is 822. The number of amides is 2. The Morgan fingerprint density at radius 3 is 2.85 bits per heavy atom. The fraction of sp³-hybridized carbons (Fsp3) is 0.550. The number of ether oxygens (including phenoxy) is 1. The highest BCUT2D eigenvalue weighted by Gasteiger charge is 2.60. The van der Waals surface area contributed by atoms with Crippen LogP contribution in [0.25, 0.3) is 0 Å². The molecule has 1 aromatic carbocycles. The first kappa shape index (κ1) is 15.8. The Labute approximate surface area is 152 Å². The lowest BCUT2D eigenvalue weighted by molar-refractivity contribution is -0.133. The molecular formula is C20H21N3O3. The third-order valence-electron chi connectivity index (χ3n) is 6.60. The van der Waals surface area contributed by atoms with Crippen LogP contribution in [0.4, 0.5) is 5.69 Å². The average molecular weight is 351 g/mol. The van der Waals surface area contributed by atoms with E-state index >= 15 is 0 Å². The van der Waals surface area contributed by atoms with Gasteiger partial charge in [-0.3, -0.25) is 9.59 Å². The van der Waals surface area contributed by atoms with Crippen molar-refractivity contribution >= 4 is 17.5 Å². The number of hydrogen-bond acceptors (Lipinski definition) is 4. The molecule has 4 atom stereocenters. The maximum absolute atomic E-state index is 12.8. The van der Waals surface area contributed by atoms with Crippen molar-refractivity contribution in [3.8, 4) is 6.07 Å². The summed E-state index contributed by atoms with van der Waals surface area (Å²) in [4.78, 5) is 29.2. The van der Waals surface area contributed by atoms with E-state index < -0.39 is 0 Å². The van der Waals surface area contributed by atoms with Gasteiger partial charge >= 0.3 is 0 Å². The summed E-state index contributed by atoms with van der Waals surface area (Å²) in [6.07, 6.45) is 1.35. The summed E-state index contributed by atoms with van der Waals surface area (Å²) < 4.78 is 5.39. The van der Waals surface area contributed by atoms with E-state index in [1.807, 2.05) is 17.0 Å². The van der Waals surface area contributed by atoms with Crippen LogP contribution >= 0.6 is 0 Å². The van der Waals surface area contributed by atoms with E-state index in [2.05, 4.69) is 6.07 Å². The summed E-state index contributed by atoms with van der Waals surface area (Å²) in [7, 11) is 0. The summed E-state index contributed by atoms with van der Waals surface area (Å²) in [5.74, 6) is 1.35. The van der Waals surface area contributed by atoms with Crippen molar-refractivity contribution in [3.63, 3.8) is 0 Å². The Hall–Kier alpha value is -2.39. The molecule has 2 amide bonds. The van der Waals surface area contributed by atoms with Crippen molar-refractivity contribution in [1.82, 2.24) is 4.90 Å². The smallest absolute Gasteiger partial charge is 0.227 e.